The largest absolute Gasteiger partial charge is 0.393 e. The van der Waals surface area contributed by atoms with E-state index < -0.39 is 0 Å². The Labute approximate surface area is 93.6 Å². The summed E-state index contributed by atoms with van der Waals surface area (Å²) >= 11 is 0. The number of nitrogens with zero attached hydrogens (tertiary/aromatic N) is 1. The summed E-state index contributed by atoms with van der Waals surface area (Å²) in [4.78, 5) is 2.27. The molecular formula is C12H26N2O. The fourth-order valence-electron chi connectivity index (χ4n) is 2.33. The van der Waals surface area contributed by atoms with Crippen molar-refractivity contribution in [2.24, 2.45) is 17.1 Å². The Hall–Kier alpha value is -0.120. The number of aliphatic hydroxyl groups excluding tert-OH is 1. The molecule has 3 nitrogen and oxygen atoms in total. The van der Waals surface area contributed by atoms with Gasteiger partial charge in [-0.25, -0.2) is 0 Å². The monoisotopic (exact) mass is 214 g/mol. The molecule has 0 aromatic carbocycles. The number of hydrogen-bond acceptors (Lipinski definition) is 3. The van der Waals surface area contributed by atoms with Gasteiger partial charge in [-0.2, -0.15) is 0 Å². The van der Waals surface area contributed by atoms with Gasteiger partial charge in [0, 0.05) is 19.1 Å². The Kier molecular flexibility index (Phi) is 4.15. The first-order chi connectivity index (χ1) is 6.79. The number of rotatable bonds is 2. The van der Waals surface area contributed by atoms with Gasteiger partial charge in [0.25, 0.3) is 0 Å². The molecule has 90 valence electrons. The maximum absolute atomic E-state index is 10.1. The van der Waals surface area contributed by atoms with Crippen molar-refractivity contribution in [3.05, 3.63) is 0 Å². The molecule has 0 spiro atoms. The molecule has 0 radical (unpaired) electrons. The number of aliphatic hydroxyl groups is 1. The maximum Gasteiger partial charge on any atom is 0.0591 e. The number of piperidine rings is 1. The lowest BCUT2D eigenvalue weighted by Crippen LogP contribution is -2.46. The highest BCUT2D eigenvalue weighted by Crippen LogP contribution is 2.28. The second-order valence-corrected chi connectivity index (χ2v) is 6.20. The Bertz CT molecular complexity index is 190. The van der Waals surface area contributed by atoms with E-state index in [0.29, 0.717) is 5.92 Å². The molecule has 3 N–H and O–H groups in total. The summed E-state index contributed by atoms with van der Waals surface area (Å²) in [5.74, 6) is 0.549. The van der Waals surface area contributed by atoms with Crippen LogP contribution in [0, 0.1) is 11.3 Å². The van der Waals surface area contributed by atoms with Crippen LogP contribution in [-0.4, -0.2) is 42.3 Å². The van der Waals surface area contributed by atoms with Crippen LogP contribution in [0.15, 0.2) is 0 Å². The van der Waals surface area contributed by atoms with E-state index in [4.69, 9.17) is 5.73 Å². The summed E-state index contributed by atoms with van der Waals surface area (Å²) < 4.78 is 0. The van der Waals surface area contributed by atoms with Gasteiger partial charge in [-0.15, -0.1) is 0 Å². The van der Waals surface area contributed by atoms with E-state index in [9.17, 15) is 5.11 Å². The zero-order chi connectivity index (χ0) is 11.6. The first kappa shape index (κ1) is 12.9. The number of likely N-dealkylation sites (tertiary alicyclic amines) is 1. The van der Waals surface area contributed by atoms with Crippen molar-refractivity contribution in [1.29, 1.82) is 0 Å². The summed E-state index contributed by atoms with van der Waals surface area (Å²) in [7, 11) is 2.11. The minimum absolute atomic E-state index is 0.0138. The third-order valence-corrected chi connectivity index (χ3v) is 3.31. The highest BCUT2D eigenvalue weighted by atomic mass is 16.3. The van der Waals surface area contributed by atoms with Crippen LogP contribution in [0.2, 0.25) is 0 Å². The van der Waals surface area contributed by atoms with E-state index in [-0.39, 0.29) is 17.6 Å². The predicted molar refractivity (Wildman–Crippen MR) is 63.7 cm³/mol. The Balaban J connectivity index is 2.44. The summed E-state index contributed by atoms with van der Waals surface area (Å²) in [6.45, 7) is 8.32. The van der Waals surface area contributed by atoms with Crippen LogP contribution in [0.25, 0.3) is 0 Å². The van der Waals surface area contributed by atoms with Gasteiger partial charge < -0.3 is 15.7 Å². The van der Waals surface area contributed by atoms with Crippen LogP contribution in [-0.2, 0) is 0 Å². The molecule has 1 aliphatic rings. The normalized spacial score (nSPS) is 31.6. The molecule has 15 heavy (non-hydrogen) atoms. The molecule has 1 aliphatic heterocycles. The molecule has 1 heterocycles. The second-order valence-electron chi connectivity index (χ2n) is 6.20. The van der Waals surface area contributed by atoms with Crippen LogP contribution in [0.3, 0.4) is 0 Å². The predicted octanol–water partition coefficient (Wildman–Crippen LogP) is 1.06. The lowest BCUT2D eigenvalue weighted by Gasteiger charge is -2.37. The fourth-order valence-corrected chi connectivity index (χ4v) is 2.33. The summed E-state index contributed by atoms with van der Waals surface area (Å²) in [5, 5.41) is 10.1. The molecule has 0 bridgehead atoms. The zero-order valence-electron chi connectivity index (χ0n) is 10.5. The molecule has 1 fully saturated rings. The standard InChI is InChI=1S/C12H26N2O/c1-12(2,3)11(15)6-9-5-10(13)8-14(4)7-9/h9-11,15H,5-8,13H2,1-4H3. The topological polar surface area (TPSA) is 49.5 Å². The number of hydrogen-bond donors (Lipinski definition) is 2. The molecule has 1 rings (SSSR count). The average molecular weight is 214 g/mol. The molecule has 1 saturated heterocycles. The van der Waals surface area contributed by atoms with E-state index in [1.54, 1.807) is 0 Å². The molecule has 0 aromatic heterocycles. The van der Waals surface area contributed by atoms with Crippen molar-refractivity contribution in [3.8, 4) is 0 Å². The van der Waals surface area contributed by atoms with Crippen molar-refractivity contribution in [2.45, 2.75) is 45.8 Å². The number of likely N-dealkylation sites (N-methyl/N-ethyl adjacent to an activating group) is 1. The molecule has 0 amide bonds. The Morgan fingerprint density at radius 1 is 1.40 bits per heavy atom. The molecule has 3 heteroatoms. The van der Waals surface area contributed by atoms with Crippen molar-refractivity contribution >= 4 is 0 Å². The molecule has 0 aliphatic carbocycles. The maximum atomic E-state index is 10.1. The van der Waals surface area contributed by atoms with Crippen LogP contribution in [0.4, 0.5) is 0 Å². The van der Waals surface area contributed by atoms with Crippen molar-refractivity contribution in [1.82, 2.24) is 4.90 Å². The van der Waals surface area contributed by atoms with Gasteiger partial charge in [0.05, 0.1) is 6.10 Å². The van der Waals surface area contributed by atoms with E-state index in [0.717, 1.165) is 25.9 Å². The van der Waals surface area contributed by atoms with Gasteiger partial charge in [-0.1, -0.05) is 20.8 Å². The fraction of sp³-hybridized carbons (Fsp3) is 1.00. The van der Waals surface area contributed by atoms with Gasteiger partial charge >= 0.3 is 0 Å². The van der Waals surface area contributed by atoms with Crippen molar-refractivity contribution in [3.63, 3.8) is 0 Å². The molecular weight excluding hydrogens is 188 g/mol. The first-order valence-electron chi connectivity index (χ1n) is 5.91. The van der Waals surface area contributed by atoms with Crippen LogP contribution < -0.4 is 5.73 Å². The van der Waals surface area contributed by atoms with Crippen molar-refractivity contribution < 1.29 is 5.11 Å². The zero-order valence-corrected chi connectivity index (χ0v) is 10.5. The lowest BCUT2D eigenvalue weighted by molar-refractivity contribution is 0.0273. The SMILES string of the molecule is CN1CC(N)CC(CC(O)C(C)(C)C)C1. The lowest BCUT2D eigenvalue weighted by atomic mass is 9.81. The van der Waals surface area contributed by atoms with E-state index in [1.807, 2.05) is 0 Å². The van der Waals surface area contributed by atoms with E-state index in [1.165, 1.54) is 0 Å². The summed E-state index contributed by atoms with van der Waals surface area (Å²) in [5.41, 5.74) is 5.96. The molecule has 3 atom stereocenters. The van der Waals surface area contributed by atoms with E-state index >= 15 is 0 Å². The molecule has 0 aromatic rings. The third kappa shape index (κ3) is 4.09. The van der Waals surface area contributed by atoms with Crippen molar-refractivity contribution in [2.75, 3.05) is 20.1 Å². The smallest absolute Gasteiger partial charge is 0.0591 e. The number of nitrogens with two attached hydrogens (primary N) is 1. The van der Waals surface area contributed by atoms with Gasteiger partial charge in [-0.05, 0) is 31.2 Å². The van der Waals surface area contributed by atoms with Gasteiger partial charge in [0.2, 0.25) is 0 Å². The van der Waals surface area contributed by atoms with Crippen LogP contribution >= 0.6 is 0 Å². The quantitative estimate of drug-likeness (QED) is 0.723. The minimum Gasteiger partial charge on any atom is -0.393 e. The first-order valence-corrected chi connectivity index (χ1v) is 5.91. The van der Waals surface area contributed by atoms with Gasteiger partial charge in [-0.3, -0.25) is 0 Å². The second kappa shape index (κ2) is 4.81. The average Bonchev–Trinajstić information content (AvgIpc) is 1.99. The minimum atomic E-state index is -0.221. The van der Waals surface area contributed by atoms with Gasteiger partial charge in [0.15, 0.2) is 0 Å². The third-order valence-electron chi connectivity index (χ3n) is 3.31. The Morgan fingerprint density at radius 3 is 2.47 bits per heavy atom. The van der Waals surface area contributed by atoms with E-state index in [2.05, 4.69) is 32.7 Å². The van der Waals surface area contributed by atoms with Gasteiger partial charge in [0.1, 0.15) is 0 Å². The molecule has 3 unspecified atom stereocenters. The van der Waals surface area contributed by atoms with Crippen LogP contribution in [0.1, 0.15) is 33.6 Å². The Morgan fingerprint density at radius 2 is 2.00 bits per heavy atom. The highest BCUT2D eigenvalue weighted by Gasteiger charge is 2.29. The molecule has 0 saturated carbocycles. The van der Waals surface area contributed by atoms with Crippen LogP contribution in [0.5, 0.6) is 0 Å². The summed E-state index contributed by atoms with van der Waals surface area (Å²) in [6.07, 6.45) is 1.71. The summed E-state index contributed by atoms with van der Waals surface area (Å²) in [6, 6.07) is 0.279. The highest BCUT2D eigenvalue weighted by molar-refractivity contribution is 4.83.